The molecule has 0 aliphatic heterocycles. The number of likely N-dealkylation sites (N-methyl/N-ethyl adjacent to an activating group) is 1. The van der Waals surface area contributed by atoms with E-state index in [2.05, 4.69) is 10.3 Å². The van der Waals surface area contributed by atoms with Gasteiger partial charge in [0.2, 0.25) is 0 Å². The maximum Gasteiger partial charge on any atom is 0.251 e. The molecular formula is C10H14F3N3. The van der Waals surface area contributed by atoms with Crippen LogP contribution in [-0.2, 0) is 0 Å². The SMILES string of the molecule is CC(CNc1nc(F)c(F)cc1F)N(C)C. The van der Waals surface area contributed by atoms with Crippen LogP contribution in [0.1, 0.15) is 6.92 Å². The Morgan fingerprint density at radius 3 is 2.50 bits per heavy atom. The number of hydrogen-bond donors (Lipinski definition) is 1. The third-order valence-electron chi connectivity index (χ3n) is 2.33. The lowest BCUT2D eigenvalue weighted by Crippen LogP contribution is -2.32. The molecule has 0 aliphatic rings. The molecule has 0 saturated heterocycles. The van der Waals surface area contributed by atoms with Crippen molar-refractivity contribution in [1.82, 2.24) is 9.88 Å². The Labute approximate surface area is 92.3 Å². The predicted molar refractivity (Wildman–Crippen MR) is 55.7 cm³/mol. The minimum Gasteiger partial charge on any atom is -0.366 e. The van der Waals surface area contributed by atoms with Gasteiger partial charge in [-0.15, -0.1) is 0 Å². The zero-order chi connectivity index (χ0) is 12.3. The van der Waals surface area contributed by atoms with Crippen molar-refractivity contribution in [2.75, 3.05) is 26.0 Å². The molecule has 6 heteroatoms. The molecule has 0 saturated carbocycles. The van der Waals surface area contributed by atoms with Crippen LogP contribution in [0.3, 0.4) is 0 Å². The van der Waals surface area contributed by atoms with Gasteiger partial charge in [-0.25, -0.2) is 8.78 Å². The second-order valence-corrected chi connectivity index (χ2v) is 3.78. The van der Waals surface area contributed by atoms with E-state index in [-0.39, 0.29) is 11.9 Å². The van der Waals surface area contributed by atoms with Gasteiger partial charge in [0.25, 0.3) is 5.95 Å². The van der Waals surface area contributed by atoms with Crippen LogP contribution < -0.4 is 5.32 Å². The lowest BCUT2D eigenvalue weighted by atomic mass is 10.3. The third kappa shape index (κ3) is 3.10. The van der Waals surface area contributed by atoms with Crippen molar-refractivity contribution in [3.05, 3.63) is 23.6 Å². The number of rotatable bonds is 4. The first kappa shape index (κ1) is 12.8. The average Bonchev–Trinajstić information content (AvgIpc) is 2.20. The van der Waals surface area contributed by atoms with Crippen LogP contribution in [0.4, 0.5) is 19.0 Å². The minimum atomic E-state index is -1.30. The normalized spacial score (nSPS) is 12.9. The summed E-state index contributed by atoms with van der Waals surface area (Å²) in [5.41, 5.74) is 0. The first-order valence-electron chi connectivity index (χ1n) is 4.83. The molecule has 0 bridgehead atoms. The largest absolute Gasteiger partial charge is 0.366 e. The molecule has 1 aromatic heterocycles. The van der Waals surface area contributed by atoms with E-state index in [4.69, 9.17) is 0 Å². The second kappa shape index (κ2) is 5.16. The Kier molecular flexibility index (Phi) is 4.12. The number of hydrogen-bond acceptors (Lipinski definition) is 3. The molecule has 16 heavy (non-hydrogen) atoms. The first-order valence-corrected chi connectivity index (χ1v) is 4.83. The Balaban J connectivity index is 2.71. The Hall–Kier alpha value is -1.30. The molecule has 0 fully saturated rings. The van der Waals surface area contributed by atoms with E-state index in [1.807, 2.05) is 25.9 Å². The van der Waals surface area contributed by atoms with Gasteiger partial charge in [0.15, 0.2) is 17.5 Å². The van der Waals surface area contributed by atoms with Gasteiger partial charge in [-0.3, -0.25) is 0 Å². The van der Waals surface area contributed by atoms with Crippen molar-refractivity contribution >= 4 is 5.82 Å². The number of halogens is 3. The fourth-order valence-electron chi connectivity index (χ4n) is 0.995. The van der Waals surface area contributed by atoms with Gasteiger partial charge in [0.05, 0.1) is 0 Å². The van der Waals surface area contributed by atoms with Crippen LogP contribution >= 0.6 is 0 Å². The minimum absolute atomic E-state index is 0.120. The van der Waals surface area contributed by atoms with E-state index in [1.54, 1.807) is 0 Å². The van der Waals surface area contributed by atoms with Crippen LogP contribution in [0, 0.1) is 17.6 Å². The predicted octanol–water partition coefficient (Wildman–Crippen LogP) is 1.86. The lowest BCUT2D eigenvalue weighted by molar-refractivity contribution is 0.325. The maximum atomic E-state index is 13.1. The van der Waals surface area contributed by atoms with Crippen LogP contribution in [0.5, 0.6) is 0 Å². The summed E-state index contributed by atoms with van der Waals surface area (Å²) in [6, 6.07) is 0.597. The standard InChI is InChI=1S/C10H14F3N3/c1-6(16(2)3)5-14-10-8(12)4-7(11)9(13)15-10/h4,6H,5H2,1-3H3,(H,14,15). The molecule has 1 unspecified atom stereocenters. The van der Waals surface area contributed by atoms with Crippen molar-refractivity contribution in [2.24, 2.45) is 0 Å². The molecule has 3 nitrogen and oxygen atoms in total. The summed E-state index contributed by atoms with van der Waals surface area (Å²) in [5, 5.41) is 2.63. The van der Waals surface area contributed by atoms with E-state index in [0.29, 0.717) is 12.6 Å². The Morgan fingerprint density at radius 2 is 1.94 bits per heavy atom. The molecule has 90 valence electrons. The number of aromatic nitrogens is 1. The quantitative estimate of drug-likeness (QED) is 0.804. The zero-order valence-electron chi connectivity index (χ0n) is 9.39. The number of pyridine rings is 1. The molecule has 1 rings (SSSR count). The zero-order valence-corrected chi connectivity index (χ0v) is 9.39. The Morgan fingerprint density at radius 1 is 1.31 bits per heavy atom. The highest BCUT2D eigenvalue weighted by molar-refractivity contribution is 5.36. The van der Waals surface area contributed by atoms with Gasteiger partial charge in [-0.05, 0) is 21.0 Å². The summed E-state index contributed by atoms with van der Waals surface area (Å²) in [4.78, 5) is 5.06. The highest BCUT2D eigenvalue weighted by Crippen LogP contribution is 2.14. The molecule has 0 spiro atoms. The molecule has 0 aliphatic carbocycles. The van der Waals surface area contributed by atoms with Crippen molar-refractivity contribution in [3.8, 4) is 0 Å². The second-order valence-electron chi connectivity index (χ2n) is 3.78. The summed E-state index contributed by atoms with van der Waals surface area (Å²) >= 11 is 0. The van der Waals surface area contributed by atoms with E-state index >= 15 is 0 Å². The highest BCUT2D eigenvalue weighted by atomic mass is 19.2. The summed E-state index contributed by atoms with van der Waals surface area (Å²) in [6.45, 7) is 2.30. The topological polar surface area (TPSA) is 28.2 Å². The first-order chi connectivity index (χ1) is 7.41. The van der Waals surface area contributed by atoms with Gasteiger partial charge < -0.3 is 10.2 Å². The fourth-order valence-corrected chi connectivity index (χ4v) is 0.995. The van der Waals surface area contributed by atoms with Crippen LogP contribution in [-0.4, -0.2) is 36.6 Å². The lowest BCUT2D eigenvalue weighted by Gasteiger charge is -2.20. The molecular weight excluding hydrogens is 219 g/mol. The molecule has 1 aromatic rings. The van der Waals surface area contributed by atoms with Crippen molar-refractivity contribution < 1.29 is 13.2 Å². The fraction of sp³-hybridized carbons (Fsp3) is 0.500. The van der Waals surface area contributed by atoms with Crippen molar-refractivity contribution in [3.63, 3.8) is 0 Å². The van der Waals surface area contributed by atoms with E-state index in [9.17, 15) is 13.2 Å². The van der Waals surface area contributed by atoms with Gasteiger partial charge >= 0.3 is 0 Å². The Bertz CT molecular complexity index is 369. The molecule has 0 amide bonds. The molecule has 1 atom stereocenters. The molecule has 0 radical (unpaired) electrons. The van der Waals surface area contributed by atoms with Gasteiger partial charge in [-0.2, -0.15) is 9.37 Å². The monoisotopic (exact) mass is 233 g/mol. The number of anilines is 1. The van der Waals surface area contributed by atoms with E-state index in [1.165, 1.54) is 0 Å². The van der Waals surface area contributed by atoms with E-state index < -0.39 is 17.6 Å². The molecule has 1 N–H and O–H groups in total. The van der Waals surface area contributed by atoms with Crippen LogP contribution in [0.2, 0.25) is 0 Å². The summed E-state index contributed by atoms with van der Waals surface area (Å²) in [5.74, 6) is -3.76. The number of nitrogens with one attached hydrogen (secondary N) is 1. The van der Waals surface area contributed by atoms with Gasteiger partial charge in [-0.1, -0.05) is 0 Å². The third-order valence-corrected chi connectivity index (χ3v) is 2.33. The molecule has 1 heterocycles. The maximum absolute atomic E-state index is 13.1. The van der Waals surface area contributed by atoms with Crippen molar-refractivity contribution in [2.45, 2.75) is 13.0 Å². The molecule has 0 aromatic carbocycles. The summed E-state index contributed by atoms with van der Waals surface area (Å²) < 4.78 is 38.4. The van der Waals surface area contributed by atoms with Crippen LogP contribution in [0.15, 0.2) is 6.07 Å². The average molecular weight is 233 g/mol. The van der Waals surface area contributed by atoms with Gasteiger partial charge in [0.1, 0.15) is 0 Å². The van der Waals surface area contributed by atoms with Crippen LogP contribution in [0.25, 0.3) is 0 Å². The smallest absolute Gasteiger partial charge is 0.251 e. The summed E-state index contributed by atoms with van der Waals surface area (Å²) in [6.07, 6.45) is 0. The van der Waals surface area contributed by atoms with Crippen molar-refractivity contribution in [1.29, 1.82) is 0 Å². The highest BCUT2D eigenvalue weighted by Gasteiger charge is 2.12. The summed E-state index contributed by atoms with van der Waals surface area (Å²) in [7, 11) is 3.72. The van der Waals surface area contributed by atoms with E-state index in [0.717, 1.165) is 0 Å². The number of nitrogens with zero attached hydrogens (tertiary/aromatic N) is 2. The van der Waals surface area contributed by atoms with Gasteiger partial charge in [0, 0.05) is 18.7 Å².